The Morgan fingerprint density at radius 1 is 1.30 bits per heavy atom. The molecule has 0 saturated heterocycles. The van der Waals surface area contributed by atoms with Crippen molar-refractivity contribution in [1.29, 1.82) is 0 Å². The summed E-state index contributed by atoms with van der Waals surface area (Å²) in [5.41, 5.74) is 9.30. The summed E-state index contributed by atoms with van der Waals surface area (Å²) >= 11 is 0. The molecule has 30 heavy (non-hydrogen) atoms. The Balaban J connectivity index is 1.55. The molecule has 0 amide bonds. The highest BCUT2D eigenvalue weighted by atomic mass is 19.1. The molecule has 1 saturated carbocycles. The van der Waals surface area contributed by atoms with Gasteiger partial charge in [0.15, 0.2) is 11.6 Å². The zero-order valence-electron chi connectivity index (χ0n) is 15.8. The third-order valence-corrected chi connectivity index (χ3v) is 5.63. The Kier molecular flexibility index (Phi) is 4.11. The number of carbonyl (C=O) groups is 1. The molecule has 3 aromatic rings. The fourth-order valence-corrected chi connectivity index (χ4v) is 3.88. The van der Waals surface area contributed by atoms with E-state index < -0.39 is 17.6 Å². The molecule has 4 N–H and O–H groups in total. The van der Waals surface area contributed by atoms with Crippen LogP contribution in [0.15, 0.2) is 24.4 Å². The minimum Gasteiger partial charge on any atom is -0.478 e. The Hall–Kier alpha value is -3.33. The van der Waals surface area contributed by atoms with Crippen LogP contribution in [0.4, 0.5) is 8.78 Å². The molecule has 2 aromatic heterocycles. The number of carboxylic acids is 1. The molecule has 9 heteroatoms. The zero-order valence-corrected chi connectivity index (χ0v) is 15.8. The molecule has 7 nitrogen and oxygen atoms in total. The molecule has 0 bridgehead atoms. The number of aromatic carboxylic acids is 1. The van der Waals surface area contributed by atoms with E-state index in [9.17, 15) is 18.7 Å². The number of aromatic nitrogens is 3. The van der Waals surface area contributed by atoms with Crippen molar-refractivity contribution in [1.82, 2.24) is 15.0 Å². The van der Waals surface area contributed by atoms with Crippen LogP contribution in [0.2, 0.25) is 0 Å². The summed E-state index contributed by atoms with van der Waals surface area (Å²) < 4.78 is 32.4. The van der Waals surface area contributed by atoms with Gasteiger partial charge in [-0.1, -0.05) is 0 Å². The average molecular weight is 412 g/mol. The summed E-state index contributed by atoms with van der Waals surface area (Å²) in [5.74, 6) is -2.80. The van der Waals surface area contributed by atoms with Gasteiger partial charge in [-0.25, -0.2) is 18.6 Å². The van der Waals surface area contributed by atoms with Crippen molar-refractivity contribution >= 4 is 5.97 Å². The van der Waals surface area contributed by atoms with E-state index in [4.69, 9.17) is 10.5 Å². The zero-order chi connectivity index (χ0) is 21.0. The van der Waals surface area contributed by atoms with Crippen LogP contribution >= 0.6 is 0 Å². The van der Waals surface area contributed by atoms with Crippen molar-refractivity contribution in [2.45, 2.75) is 37.6 Å². The maximum absolute atomic E-state index is 13.9. The molecule has 0 radical (unpaired) electrons. The van der Waals surface area contributed by atoms with Crippen molar-refractivity contribution in [2.75, 3.05) is 0 Å². The first-order valence-electron chi connectivity index (χ1n) is 9.58. The Morgan fingerprint density at radius 3 is 2.80 bits per heavy atom. The van der Waals surface area contributed by atoms with Crippen LogP contribution < -0.4 is 10.5 Å². The smallest absolute Gasteiger partial charge is 0.337 e. The van der Waals surface area contributed by atoms with E-state index in [1.807, 2.05) is 0 Å². The lowest BCUT2D eigenvalue weighted by Crippen LogP contribution is -2.25. The van der Waals surface area contributed by atoms with Crippen LogP contribution in [0.25, 0.3) is 11.4 Å². The standard InChI is InChI=1S/C21H18F2N4O3/c22-11-2-4-15(13(23)7-11)30-20-25-9-10-1-3-12-16(19(28)29)14(8-21(24)5-6-21)26-18(12)17(10)27-20/h2,4,7,9,26H,1,3,5-6,8,24H2,(H,28,29). The van der Waals surface area contributed by atoms with Crippen LogP contribution in [-0.4, -0.2) is 31.6 Å². The minimum absolute atomic E-state index is 0.113. The van der Waals surface area contributed by atoms with Crippen molar-refractivity contribution in [3.63, 3.8) is 0 Å². The molecule has 0 atom stereocenters. The van der Waals surface area contributed by atoms with Crippen LogP contribution in [0.5, 0.6) is 11.8 Å². The van der Waals surface area contributed by atoms with Gasteiger partial charge in [-0.15, -0.1) is 0 Å². The second kappa shape index (κ2) is 6.60. The summed E-state index contributed by atoms with van der Waals surface area (Å²) in [7, 11) is 0. The van der Waals surface area contributed by atoms with E-state index >= 15 is 0 Å². The topological polar surface area (TPSA) is 114 Å². The van der Waals surface area contributed by atoms with Crippen LogP contribution in [0.3, 0.4) is 0 Å². The number of fused-ring (bicyclic) bond motifs is 3. The molecule has 2 aliphatic rings. The Bertz CT molecular complexity index is 1190. The average Bonchev–Trinajstić information content (AvgIpc) is 3.29. The highest BCUT2D eigenvalue weighted by Crippen LogP contribution is 2.40. The third kappa shape index (κ3) is 3.21. The molecule has 5 rings (SSSR count). The predicted molar refractivity (Wildman–Crippen MR) is 102 cm³/mol. The van der Waals surface area contributed by atoms with E-state index in [1.165, 1.54) is 0 Å². The minimum atomic E-state index is -1.01. The number of hydrogen-bond donors (Lipinski definition) is 3. The first-order chi connectivity index (χ1) is 14.3. The summed E-state index contributed by atoms with van der Waals surface area (Å²) in [6.45, 7) is 0. The van der Waals surface area contributed by atoms with Gasteiger partial charge in [0, 0.05) is 29.9 Å². The van der Waals surface area contributed by atoms with Crippen molar-refractivity contribution in [3.8, 4) is 23.1 Å². The monoisotopic (exact) mass is 412 g/mol. The fraction of sp³-hybridized carbons (Fsp3) is 0.286. The number of rotatable bonds is 5. The summed E-state index contributed by atoms with van der Waals surface area (Å²) in [6.07, 6.45) is 4.85. The number of aryl methyl sites for hydroxylation is 1. The van der Waals surface area contributed by atoms with Crippen molar-refractivity contribution in [3.05, 3.63) is 58.4 Å². The number of benzene rings is 1. The van der Waals surface area contributed by atoms with Gasteiger partial charge in [0.25, 0.3) is 0 Å². The number of ether oxygens (including phenoxy) is 1. The highest BCUT2D eigenvalue weighted by Gasteiger charge is 2.41. The molecule has 0 aliphatic heterocycles. The van der Waals surface area contributed by atoms with E-state index in [0.29, 0.717) is 48.0 Å². The van der Waals surface area contributed by atoms with Gasteiger partial charge in [-0.2, -0.15) is 4.98 Å². The number of aromatic amines is 1. The SMILES string of the molecule is NC1(Cc2[nH]c3c(c2C(=O)O)CCc2cnc(Oc4ccc(F)cc4F)nc2-3)CC1. The molecular formula is C21H18F2N4O3. The number of hydrogen-bond acceptors (Lipinski definition) is 5. The van der Waals surface area contributed by atoms with E-state index in [2.05, 4.69) is 15.0 Å². The summed E-state index contributed by atoms with van der Waals surface area (Å²) in [5, 5.41) is 9.79. The molecule has 2 heterocycles. The second-order valence-electron chi connectivity index (χ2n) is 7.88. The number of nitrogens with one attached hydrogen (secondary N) is 1. The van der Waals surface area contributed by atoms with Gasteiger partial charge in [-0.05, 0) is 48.9 Å². The highest BCUT2D eigenvalue weighted by molar-refractivity contribution is 5.94. The third-order valence-electron chi connectivity index (χ3n) is 5.63. The molecule has 1 aromatic carbocycles. The van der Waals surface area contributed by atoms with Gasteiger partial charge in [0.1, 0.15) is 5.82 Å². The quantitative estimate of drug-likeness (QED) is 0.592. The fourth-order valence-electron chi connectivity index (χ4n) is 3.88. The van der Waals surface area contributed by atoms with E-state index in [0.717, 1.165) is 30.5 Å². The molecular weight excluding hydrogens is 394 g/mol. The number of H-pyrrole nitrogens is 1. The first-order valence-corrected chi connectivity index (χ1v) is 9.58. The molecule has 0 spiro atoms. The maximum atomic E-state index is 13.9. The van der Waals surface area contributed by atoms with Crippen molar-refractivity contribution in [2.24, 2.45) is 5.73 Å². The van der Waals surface area contributed by atoms with E-state index in [1.54, 1.807) is 6.20 Å². The number of nitrogens with zero attached hydrogens (tertiary/aromatic N) is 2. The van der Waals surface area contributed by atoms with Gasteiger partial charge in [0.05, 0.1) is 17.0 Å². The Morgan fingerprint density at radius 2 is 2.10 bits per heavy atom. The van der Waals surface area contributed by atoms with Crippen LogP contribution in [0, 0.1) is 11.6 Å². The van der Waals surface area contributed by atoms with Gasteiger partial charge >= 0.3 is 12.0 Å². The predicted octanol–water partition coefficient (Wildman–Crippen LogP) is 3.37. The number of nitrogens with two attached hydrogens (primary N) is 1. The van der Waals surface area contributed by atoms with Crippen LogP contribution in [0.1, 0.15) is 40.0 Å². The molecule has 1 fully saturated rings. The number of carboxylic acid groups (broad SMARTS) is 1. The van der Waals surface area contributed by atoms with Gasteiger partial charge < -0.3 is 20.6 Å². The van der Waals surface area contributed by atoms with Crippen LogP contribution in [-0.2, 0) is 19.3 Å². The lowest BCUT2D eigenvalue weighted by molar-refractivity contribution is 0.0694. The summed E-state index contributed by atoms with van der Waals surface area (Å²) in [4.78, 5) is 23.7. The second-order valence-corrected chi connectivity index (χ2v) is 7.88. The molecule has 154 valence electrons. The lowest BCUT2D eigenvalue weighted by Gasteiger charge is -2.16. The van der Waals surface area contributed by atoms with Gasteiger partial charge in [-0.3, -0.25) is 0 Å². The lowest BCUT2D eigenvalue weighted by atomic mass is 9.92. The van der Waals surface area contributed by atoms with Crippen molar-refractivity contribution < 1.29 is 23.4 Å². The maximum Gasteiger partial charge on any atom is 0.337 e. The number of halogens is 2. The largest absolute Gasteiger partial charge is 0.478 e. The first kappa shape index (κ1) is 18.7. The molecule has 2 aliphatic carbocycles. The molecule has 0 unspecified atom stereocenters. The summed E-state index contributed by atoms with van der Waals surface area (Å²) in [6, 6.07) is 2.83. The Labute approximate surface area is 169 Å². The van der Waals surface area contributed by atoms with E-state index in [-0.39, 0.29) is 22.9 Å². The normalized spacial score (nSPS) is 16.0. The van der Waals surface area contributed by atoms with Gasteiger partial charge in [0.2, 0.25) is 0 Å².